The minimum atomic E-state index is -0.158. The summed E-state index contributed by atoms with van der Waals surface area (Å²) in [5.41, 5.74) is 1.83. The van der Waals surface area contributed by atoms with E-state index in [0.717, 1.165) is 5.69 Å². The maximum absolute atomic E-state index is 12.5. The molecule has 1 aromatic heterocycles. The number of hydrogen-bond acceptors (Lipinski definition) is 2. The molecule has 1 heterocycles. The topological polar surface area (TPSA) is 34.9 Å². The summed E-state index contributed by atoms with van der Waals surface area (Å²) in [6.45, 7) is 0. The first-order valence-electron chi connectivity index (χ1n) is 6.25. The number of nitrogens with zero attached hydrogens (tertiary/aromatic N) is 2. The first-order chi connectivity index (χ1) is 10.1. The Bertz CT molecular complexity index is 781. The minimum Gasteiger partial charge on any atom is -0.289 e. The highest BCUT2D eigenvalue weighted by Crippen LogP contribution is 2.23. The molecule has 21 heavy (non-hydrogen) atoms. The van der Waals surface area contributed by atoms with Gasteiger partial charge in [-0.25, -0.2) is 4.68 Å². The van der Waals surface area contributed by atoms with Crippen molar-refractivity contribution in [3.63, 3.8) is 0 Å². The van der Waals surface area contributed by atoms with Gasteiger partial charge in [-0.15, -0.1) is 0 Å². The van der Waals surface area contributed by atoms with Gasteiger partial charge in [0.05, 0.1) is 10.7 Å². The molecule has 0 aliphatic rings. The Morgan fingerprint density at radius 2 is 1.81 bits per heavy atom. The lowest BCUT2D eigenvalue weighted by Crippen LogP contribution is -2.03. The van der Waals surface area contributed by atoms with Crippen LogP contribution in [0.2, 0.25) is 10.0 Å². The van der Waals surface area contributed by atoms with Gasteiger partial charge in [0.2, 0.25) is 0 Å². The molecule has 104 valence electrons. The van der Waals surface area contributed by atoms with Gasteiger partial charge in [-0.05, 0) is 48.5 Å². The number of ketones is 1. The molecule has 0 saturated heterocycles. The van der Waals surface area contributed by atoms with Gasteiger partial charge in [-0.3, -0.25) is 4.79 Å². The molecule has 3 nitrogen and oxygen atoms in total. The van der Waals surface area contributed by atoms with Gasteiger partial charge in [-0.2, -0.15) is 5.10 Å². The van der Waals surface area contributed by atoms with Crippen molar-refractivity contribution in [3.05, 3.63) is 82.1 Å². The van der Waals surface area contributed by atoms with Gasteiger partial charge in [0.25, 0.3) is 0 Å². The average Bonchev–Trinajstić information content (AvgIpc) is 3.03. The molecule has 0 atom stereocenters. The van der Waals surface area contributed by atoms with E-state index in [1.807, 2.05) is 24.4 Å². The molecule has 0 bridgehead atoms. The lowest BCUT2D eigenvalue weighted by Gasteiger charge is -2.06. The first kappa shape index (κ1) is 13.9. The largest absolute Gasteiger partial charge is 0.289 e. The number of hydrogen-bond donors (Lipinski definition) is 0. The monoisotopic (exact) mass is 316 g/mol. The molecule has 0 fully saturated rings. The van der Waals surface area contributed by atoms with Crippen LogP contribution in [0.1, 0.15) is 15.9 Å². The molecule has 0 amide bonds. The molecule has 0 unspecified atom stereocenters. The van der Waals surface area contributed by atoms with E-state index in [4.69, 9.17) is 23.2 Å². The van der Waals surface area contributed by atoms with E-state index >= 15 is 0 Å². The van der Waals surface area contributed by atoms with Crippen LogP contribution in [-0.4, -0.2) is 15.6 Å². The van der Waals surface area contributed by atoms with Crippen LogP contribution in [0, 0.1) is 0 Å². The number of benzene rings is 2. The summed E-state index contributed by atoms with van der Waals surface area (Å²) in [5.74, 6) is -0.158. The highest BCUT2D eigenvalue weighted by Gasteiger charge is 2.13. The summed E-state index contributed by atoms with van der Waals surface area (Å²) >= 11 is 12.0. The van der Waals surface area contributed by atoms with Crippen LogP contribution in [0.25, 0.3) is 5.69 Å². The summed E-state index contributed by atoms with van der Waals surface area (Å²) in [6, 6.07) is 13.8. The Kier molecular flexibility index (Phi) is 3.78. The second-order valence-electron chi connectivity index (χ2n) is 4.45. The fourth-order valence-electron chi connectivity index (χ4n) is 2.01. The van der Waals surface area contributed by atoms with Crippen LogP contribution in [0.5, 0.6) is 0 Å². The van der Waals surface area contributed by atoms with Crippen molar-refractivity contribution in [2.24, 2.45) is 0 Å². The molecular weight excluding hydrogens is 307 g/mol. The van der Waals surface area contributed by atoms with Gasteiger partial charge >= 0.3 is 0 Å². The smallest absolute Gasteiger partial charge is 0.194 e. The van der Waals surface area contributed by atoms with Gasteiger partial charge in [-0.1, -0.05) is 23.2 Å². The minimum absolute atomic E-state index is 0.158. The van der Waals surface area contributed by atoms with Crippen LogP contribution in [-0.2, 0) is 0 Å². The lowest BCUT2D eigenvalue weighted by molar-refractivity contribution is 0.103. The van der Waals surface area contributed by atoms with Crippen molar-refractivity contribution >= 4 is 29.0 Å². The van der Waals surface area contributed by atoms with Gasteiger partial charge in [0.1, 0.15) is 0 Å². The quantitative estimate of drug-likeness (QED) is 0.671. The Morgan fingerprint density at radius 1 is 1.05 bits per heavy atom. The third-order valence-electron chi connectivity index (χ3n) is 3.07. The third-order valence-corrected chi connectivity index (χ3v) is 3.64. The van der Waals surface area contributed by atoms with Crippen LogP contribution < -0.4 is 0 Å². The average molecular weight is 317 g/mol. The van der Waals surface area contributed by atoms with Crippen LogP contribution in [0.3, 0.4) is 0 Å². The van der Waals surface area contributed by atoms with E-state index in [0.29, 0.717) is 21.2 Å². The number of carbonyl (C=O) groups excluding carboxylic acids is 1. The van der Waals surface area contributed by atoms with Crippen molar-refractivity contribution in [2.45, 2.75) is 0 Å². The van der Waals surface area contributed by atoms with Crippen molar-refractivity contribution < 1.29 is 4.79 Å². The van der Waals surface area contributed by atoms with Crippen molar-refractivity contribution in [1.82, 2.24) is 9.78 Å². The fraction of sp³-hybridized carbons (Fsp3) is 0. The van der Waals surface area contributed by atoms with Gasteiger partial charge in [0.15, 0.2) is 5.78 Å². The number of rotatable bonds is 3. The second-order valence-corrected chi connectivity index (χ2v) is 5.29. The van der Waals surface area contributed by atoms with E-state index < -0.39 is 0 Å². The van der Waals surface area contributed by atoms with E-state index in [-0.39, 0.29) is 5.78 Å². The first-order valence-corrected chi connectivity index (χ1v) is 7.00. The molecule has 3 aromatic rings. The summed E-state index contributed by atoms with van der Waals surface area (Å²) < 4.78 is 1.72. The summed E-state index contributed by atoms with van der Waals surface area (Å²) in [4.78, 5) is 12.5. The maximum Gasteiger partial charge on any atom is 0.194 e. The van der Waals surface area contributed by atoms with Gasteiger partial charge < -0.3 is 0 Å². The summed E-state index contributed by atoms with van der Waals surface area (Å²) in [6.07, 6.45) is 3.54. The molecule has 0 saturated carbocycles. The number of carbonyl (C=O) groups is 1. The summed E-state index contributed by atoms with van der Waals surface area (Å²) in [7, 11) is 0. The van der Waals surface area contributed by atoms with E-state index in [9.17, 15) is 4.79 Å². The van der Waals surface area contributed by atoms with Crippen molar-refractivity contribution in [1.29, 1.82) is 0 Å². The van der Waals surface area contributed by atoms with Crippen LogP contribution in [0.15, 0.2) is 60.9 Å². The highest BCUT2D eigenvalue weighted by molar-refractivity contribution is 6.36. The highest BCUT2D eigenvalue weighted by atomic mass is 35.5. The summed E-state index contributed by atoms with van der Waals surface area (Å²) in [5, 5.41) is 5.01. The van der Waals surface area contributed by atoms with E-state index in [1.54, 1.807) is 41.2 Å². The Hall–Kier alpha value is -2.10. The lowest BCUT2D eigenvalue weighted by atomic mass is 10.0. The van der Waals surface area contributed by atoms with Crippen LogP contribution >= 0.6 is 23.2 Å². The molecule has 0 aliphatic carbocycles. The SMILES string of the molecule is O=C(c1ccc(-n2cccn2)cc1)c1cc(Cl)ccc1Cl. The Balaban J connectivity index is 1.93. The molecule has 0 aliphatic heterocycles. The predicted octanol–water partition coefficient (Wildman–Crippen LogP) is 4.41. The molecular formula is C16H10Cl2N2O. The molecule has 5 heteroatoms. The number of aromatic nitrogens is 2. The molecule has 0 N–H and O–H groups in total. The van der Waals surface area contributed by atoms with Crippen LogP contribution in [0.4, 0.5) is 0 Å². The molecule has 0 radical (unpaired) electrons. The van der Waals surface area contributed by atoms with E-state index in [1.165, 1.54) is 0 Å². The van der Waals surface area contributed by atoms with Crippen molar-refractivity contribution in [3.8, 4) is 5.69 Å². The molecule has 3 rings (SSSR count). The van der Waals surface area contributed by atoms with Gasteiger partial charge in [0, 0.05) is 28.5 Å². The zero-order valence-corrected chi connectivity index (χ0v) is 12.3. The predicted molar refractivity (Wildman–Crippen MR) is 83.5 cm³/mol. The zero-order chi connectivity index (χ0) is 14.8. The molecule has 0 spiro atoms. The standard InChI is InChI=1S/C16H10Cl2N2O/c17-12-4-7-15(18)14(10-12)16(21)11-2-5-13(6-3-11)20-9-1-8-19-20/h1-10H. The second kappa shape index (κ2) is 5.72. The fourth-order valence-corrected chi connectivity index (χ4v) is 2.39. The Morgan fingerprint density at radius 3 is 2.48 bits per heavy atom. The number of halogens is 2. The maximum atomic E-state index is 12.5. The normalized spacial score (nSPS) is 10.6. The van der Waals surface area contributed by atoms with Crippen molar-refractivity contribution in [2.75, 3.05) is 0 Å². The third kappa shape index (κ3) is 2.84. The van der Waals surface area contributed by atoms with E-state index in [2.05, 4.69) is 5.10 Å². The Labute approximate surface area is 131 Å². The zero-order valence-electron chi connectivity index (χ0n) is 10.8. The molecule has 2 aromatic carbocycles.